The largest absolute Gasteiger partial charge is 0.493 e. The third-order valence-corrected chi connectivity index (χ3v) is 2.44. The van der Waals surface area contributed by atoms with Crippen LogP contribution in [0, 0.1) is 10.1 Å². The molecule has 0 bridgehead atoms. The van der Waals surface area contributed by atoms with Gasteiger partial charge >= 0.3 is 0 Å². The van der Waals surface area contributed by atoms with Crippen molar-refractivity contribution in [1.82, 2.24) is 5.32 Å². The van der Waals surface area contributed by atoms with E-state index >= 15 is 0 Å². The number of carbonyl (C=O) groups excluding carboxylic acids is 2. The third kappa shape index (κ3) is 4.30. The van der Waals surface area contributed by atoms with Gasteiger partial charge in [-0.25, -0.2) is 0 Å². The first-order valence-corrected chi connectivity index (χ1v) is 5.85. The van der Waals surface area contributed by atoms with Crippen LogP contribution in [-0.2, 0) is 4.79 Å². The first kappa shape index (κ1) is 16.2. The fourth-order valence-corrected chi connectivity index (χ4v) is 1.47. The fraction of sp³-hybridized carbons (Fsp3) is 0.231. The number of hydrogen-bond donors (Lipinski definition) is 1. The highest BCUT2D eigenvalue weighted by atomic mass is 16.6. The number of ether oxygens (including phenoxy) is 2. The zero-order chi connectivity index (χ0) is 15.8. The van der Waals surface area contributed by atoms with Gasteiger partial charge < -0.3 is 14.8 Å². The molecular weight excluding hydrogens is 280 g/mol. The predicted octanol–water partition coefficient (Wildman–Crippen LogP) is 1.10. The van der Waals surface area contributed by atoms with E-state index in [0.29, 0.717) is 6.29 Å². The van der Waals surface area contributed by atoms with Gasteiger partial charge in [-0.05, 0) is 0 Å². The Labute approximate surface area is 120 Å². The Balaban J connectivity index is 2.97. The average molecular weight is 294 g/mol. The van der Waals surface area contributed by atoms with E-state index in [1.807, 2.05) is 0 Å². The highest BCUT2D eigenvalue weighted by molar-refractivity contribution is 5.83. The molecule has 0 aliphatic carbocycles. The molecule has 0 heterocycles. The van der Waals surface area contributed by atoms with E-state index < -0.39 is 16.5 Å². The molecule has 0 unspecified atom stereocenters. The molecule has 21 heavy (non-hydrogen) atoms. The van der Waals surface area contributed by atoms with Crippen molar-refractivity contribution in [2.75, 3.05) is 20.3 Å². The van der Waals surface area contributed by atoms with Crippen molar-refractivity contribution in [3.05, 3.63) is 40.5 Å². The number of carbonyl (C=O) groups is 2. The Kier molecular flexibility index (Phi) is 5.87. The van der Waals surface area contributed by atoms with Crippen molar-refractivity contribution in [2.24, 2.45) is 0 Å². The molecule has 0 saturated carbocycles. The minimum Gasteiger partial charge on any atom is -0.493 e. The van der Waals surface area contributed by atoms with Gasteiger partial charge in [-0.3, -0.25) is 19.7 Å². The molecule has 0 aliphatic heterocycles. The number of amides is 1. The summed E-state index contributed by atoms with van der Waals surface area (Å²) in [5.74, 6) is -0.290. The zero-order valence-corrected chi connectivity index (χ0v) is 11.3. The molecule has 0 fully saturated rings. The molecule has 0 atom stereocenters. The molecule has 0 saturated heterocycles. The smallest absolute Gasteiger partial charge is 0.283 e. The number of nitrogens with one attached hydrogen (secondary N) is 1. The Morgan fingerprint density at radius 2 is 2.19 bits per heavy atom. The lowest BCUT2D eigenvalue weighted by Crippen LogP contribution is -2.28. The maximum absolute atomic E-state index is 11.4. The van der Waals surface area contributed by atoms with E-state index in [9.17, 15) is 19.7 Å². The lowest BCUT2D eigenvalue weighted by molar-refractivity contribution is -0.385. The standard InChI is InChI=1S/C13H14N2O6/c1-3-4-14-13(17)8-21-12-6-10(15(18)19)9(7-16)5-11(12)20-2/h3,5-7H,1,4,8H2,2H3,(H,14,17). The molecule has 8 nitrogen and oxygen atoms in total. The first-order chi connectivity index (χ1) is 10.0. The van der Waals surface area contributed by atoms with Gasteiger partial charge in [0.1, 0.15) is 0 Å². The number of nitro benzene ring substituents is 1. The van der Waals surface area contributed by atoms with Crippen LogP contribution in [0.2, 0.25) is 0 Å². The summed E-state index contributed by atoms with van der Waals surface area (Å²) >= 11 is 0. The van der Waals surface area contributed by atoms with Crippen LogP contribution in [0.4, 0.5) is 5.69 Å². The van der Waals surface area contributed by atoms with Crippen LogP contribution in [0.25, 0.3) is 0 Å². The molecule has 8 heteroatoms. The molecule has 1 aromatic rings. The third-order valence-electron chi connectivity index (χ3n) is 2.44. The van der Waals surface area contributed by atoms with E-state index in [1.54, 1.807) is 0 Å². The minimum absolute atomic E-state index is 0.00329. The highest BCUT2D eigenvalue weighted by Gasteiger charge is 2.19. The van der Waals surface area contributed by atoms with Gasteiger partial charge in [-0.2, -0.15) is 0 Å². The highest BCUT2D eigenvalue weighted by Crippen LogP contribution is 2.33. The number of nitrogens with zero attached hydrogens (tertiary/aromatic N) is 1. The van der Waals surface area contributed by atoms with Gasteiger partial charge in [0.15, 0.2) is 24.4 Å². The number of hydrogen-bond acceptors (Lipinski definition) is 6. The average Bonchev–Trinajstić information content (AvgIpc) is 2.49. The molecule has 1 amide bonds. The first-order valence-electron chi connectivity index (χ1n) is 5.85. The number of benzene rings is 1. The number of aldehydes is 1. The molecule has 112 valence electrons. The zero-order valence-electron chi connectivity index (χ0n) is 11.3. The van der Waals surface area contributed by atoms with Crippen LogP contribution in [0.5, 0.6) is 11.5 Å². The monoisotopic (exact) mass is 294 g/mol. The fourth-order valence-electron chi connectivity index (χ4n) is 1.47. The van der Waals surface area contributed by atoms with Gasteiger partial charge in [0.05, 0.1) is 23.7 Å². The summed E-state index contributed by atoms with van der Waals surface area (Å²) in [6, 6.07) is 2.23. The maximum Gasteiger partial charge on any atom is 0.283 e. The Morgan fingerprint density at radius 1 is 1.48 bits per heavy atom. The van der Waals surface area contributed by atoms with E-state index in [-0.39, 0.29) is 30.2 Å². The number of rotatable bonds is 8. The van der Waals surface area contributed by atoms with Crippen molar-refractivity contribution in [1.29, 1.82) is 0 Å². The molecular formula is C13H14N2O6. The number of nitro groups is 1. The lowest BCUT2D eigenvalue weighted by atomic mass is 10.1. The molecule has 1 N–H and O–H groups in total. The minimum atomic E-state index is -0.714. The van der Waals surface area contributed by atoms with Gasteiger partial charge in [-0.1, -0.05) is 6.08 Å². The molecule has 0 spiro atoms. The molecule has 1 rings (SSSR count). The summed E-state index contributed by atoms with van der Waals surface area (Å²) in [6.45, 7) is 3.38. The van der Waals surface area contributed by atoms with Crippen LogP contribution >= 0.6 is 0 Å². The second-order valence-electron chi connectivity index (χ2n) is 3.82. The normalized spacial score (nSPS) is 9.57. The quantitative estimate of drug-likeness (QED) is 0.333. The van der Waals surface area contributed by atoms with Crippen LogP contribution in [0.15, 0.2) is 24.8 Å². The van der Waals surface area contributed by atoms with E-state index in [1.165, 1.54) is 19.3 Å². The van der Waals surface area contributed by atoms with Crippen LogP contribution in [0.1, 0.15) is 10.4 Å². The summed E-state index contributed by atoms with van der Waals surface area (Å²) in [4.78, 5) is 32.4. The lowest BCUT2D eigenvalue weighted by Gasteiger charge is -2.11. The van der Waals surface area contributed by atoms with E-state index in [2.05, 4.69) is 11.9 Å². The van der Waals surface area contributed by atoms with Gasteiger partial charge in [0.25, 0.3) is 11.6 Å². The Morgan fingerprint density at radius 3 is 2.71 bits per heavy atom. The van der Waals surface area contributed by atoms with Crippen molar-refractivity contribution in [3.63, 3.8) is 0 Å². The van der Waals surface area contributed by atoms with E-state index in [0.717, 1.165) is 6.07 Å². The summed E-state index contributed by atoms with van der Waals surface area (Å²) in [5.41, 5.74) is -0.562. The molecule has 0 aliphatic rings. The topological polar surface area (TPSA) is 108 Å². The van der Waals surface area contributed by atoms with Gasteiger partial charge in [0.2, 0.25) is 0 Å². The summed E-state index contributed by atoms with van der Waals surface area (Å²) < 4.78 is 10.2. The van der Waals surface area contributed by atoms with Gasteiger partial charge in [-0.15, -0.1) is 6.58 Å². The van der Waals surface area contributed by atoms with Crippen molar-refractivity contribution in [2.45, 2.75) is 0 Å². The summed E-state index contributed by atoms with van der Waals surface area (Å²) in [7, 11) is 1.32. The second-order valence-corrected chi connectivity index (χ2v) is 3.82. The van der Waals surface area contributed by atoms with Crippen molar-refractivity contribution >= 4 is 17.9 Å². The molecule has 0 aromatic heterocycles. The summed E-state index contributed by atoms with van der Waals surface area (Å²) in [6.07, 6.45) is 1.85. The molecule has 1 aromatic carbocycles. The number of methoxy groups -OCH3 is 1. The maximum atomic E-state index is 11.4. The Hall–Kier alpha value is -2.90. The van der Waals surface area contributed by atoms with E-state index in [4.69, 9.17) is 9.47 Å². The van der Waals surface area contributed by atoms with Crippen LogP contribution in [-0.4, -0.2) is 37.4 Å². The van der Waals surface area contributed by atoms with Crippen molar-refractivity contribution in [3.8, 4) is 11.5 Å². The molecule has 0 radical (unpaired) electrons. The van der Waals surface area contributed by atoms with Crippen molar-refractivity contribution < 1.29 is 24.0 Å². The second kappa shape index (κ2) is 7.63. The van der Waals surface area contributed by atoms with Gasteiger partial charge in [0, 0.05) is 12.6 Å². The summed E-state index contributed by atoms with van der Waals surface area (Å²) in [5, 5.41) is 13.4. The SMILES string of the molecule is C=CCNC(=O)COc1cc([N+](=O)[O-])c(C=O)cc1OC. The van der Waals surface area contributed by atoms with Crippen LogP contribution < -0.4 is 14.8 Å². The Bertz CT molecular complexity index is 570. The van der Waals surface area contributed by atoms with Crippen LogP contribution in [0.3, 0.4) is 0 Å². The predicted molar refractivity (Wildman–Crippen MR) is 73.7 cm³/mol.